The fourth-order valence-electron chi connectivity index (χ4n) is 0. The van der Waals surface area contributed by atoms with E-state index in [1.807, 2.05) is 0 Å². The van der Waals surface area contributed by atoms with Gasteiger partial charge >= 0.3 is 2160 Å². The molecule has 50 N–H and O–H groups in total. The van der Waals surface area contributed by atoms with Crippen LogP contribution in [0.1, 0.15) is 0 Å². The summed E-state index contributed by atoms with van der Waals surface area (Å²) in [7, 11) is 0. The van der Waals surface area contributed by atoms with Gasteiger partial charge in [-0.05, 0) is 0 Å². The molecule has 98 heavy (non-hydrogen) atoms. The van der Waals surface area contributed by atoms with Gasteiger partial charge in [-0.1, -0.05) is 0 Å². The van der Waals surface area contributed by atoms with Gasteiger partial charge < -0.3 is 137 Å². The van der Waals surface area contributed by atoms with E-state index in [0.717, 1.165) is 0 Å². The van der Waals surface area contributed by atoms with Crippen molar-refractivity contribution in [2.75, 3.05) is 0 Å². The van der Waals surface area contributed by atoms with Gasteiger partial charge in [-0.15, -0.1) is 0 Å². The van der Waals surface area contributed by atoms with Crippen LogP contribution in [0.4, 0.5) is 0 Å². The Morgan fingerprint density at radius 3 is 0.0204 bits per heavy atom. The first-order valence-electron chi connectivity index (χ1n) is 0. The fourth-order valence-corrected chi connectivity index (χ4v) is 0. The Kier molecular flexibility index (Phi) is 8790. The predicted octanol–water partition coefficient (Wildman–Crippen LogP) is -239. The molecular formula is H50Na73O25+73. The van der Waals surface area contributed by atoms with Crippen molar-refractivity contribution in [3.05, 3.63) is 0 Å². The molecule has 0 aliphatic heterocycles. The summed E-state index contributed by atoms with van der Waals surface area (Å²) in [5, 5.41) is 0. The van der Waals surface area contributed by atoms with E-state index in [1.165, 1.54) is 0 Å². The molecule has 0 amide bonds. The Balaban J connectivity index is 0. The van der Waals surface area contributed by atoms with Crippen LogP contribution in [-0.4, -0.2) is 137 Å². The molecule has 0 aromatic carbocycles. The van der Waals surface area contributed by atoms with Crippen LogP contribution in [0.3, 0.4) is 0 Å². The van der Waals surface area contributed by atoms with E-state index in [4.69, 9.17) is 0 Å². The van der Waals surface area contributed by atoms with Gasteiger partial charge in [0.1, 0.15) is 0 Å². The maximum absolute atomic E-state index is 0. The molecule has 25 nitrogen and oxygen atoms in total. The van der Waals surface area contributed by atoms with E-state index in [2.05, 4.69) is 0 Å². The van der Waals surface area contributed by atoms with E-state index < -0.39 is 0 Å². The fraction of sp³-hybridized carbons (Fsp3) is 0. The van der Waals surface area contributed by atoms with E-state index in [-0.39, 0.29) is 2290 Å². The van der Waals surface area contributed by atoms with Crippen LogP contribution in [0.5, 0.6) is 0 Å². The molecule has 0 unspecified atom stereocenters. The smallest absolute Gasteiger partial charge is 0.412 e. The third-order valence-corrected chi connectivity index (χ3v) is 0. The number of rotatable bonds is 0. The molecule has 0 atom stereocenters. The number of hydrogen-bond donors (Lipinski definition) is 0. The molecule has 200 valence electrons. The molecule has 0 aliphatic carbocycles. The summed E-state index contributed by atoms with van der Waals surface area (Å²) in [4.78, 5) is 0. The second kappa shape index (κ2) is 920. The average molecular weight is 2130 g/mol. The second-order valence-electron chi connectivity index (χ2n) is 0. The van der Waals surface area contributed by atoms with Gasteiger partial charge in [0.2, 0.25) is 0 Å². The standard InChI is InChI=1S/73Na.25H2O/h;;;;;;;;;;;;;;;;;;;;;;;;;;;;;;;;;;;;;;;;;;;;;;;;;;;;;;;;;;;;;;;;;;;;;;;;;25*1H2/q73*+1;;;;;;;;;;;;;;;;;;;;;;;;;. The van der Waals surface area contributed by atoms with Crippen molar-refractivity contribution in [3.63, 3.8) is 0 Å². The van der Waals surface area contributed by atoms with Crippen molar-refractivity contribution < 1.29 is 2290 Å². The topological polar surface area (TPSA) is 788 Å². The molecule has 0 saturated heterocycles. The van der Waals surface area contributed by atoms with Gasteiger partial charge in [0.05, 0.1) is 0 Å². The Hall–Kier alpha value is 72.0. The summed E-state index contributed by atoms with van der Waals surface area (Å²) in [6.07, 6.45) is 0. The van der Waals surface area contributed by atoms with Gasteiger partial charge in [-0.3, -0.25) is 0 Å². The molecule has 0 aliphatic rings. The van der Waals surface area contributed by atoms with E-state index >= 15 is 0 Å². The third-order valence-electron chi connectivity index (χ3n) is 0. The van der Waals surface area contributed by atoms with E-state index in [9.17, 15) is 0 Å². The quantitative estimate of drug-likeness (QED) is 0.204. The predicted molar refractivity (Wildman–Crippen MR) is 90.3 cm³/mol. The minimum Gasteiger partial charge on any atom is -0.412 e. The maximum atomic E-state index is 0. The minimum atomic E-state index is 0. The van der Waals surface area contributed by atoms with E-state index in [0.29, 0.717) is 0 Å². The van der Waals surface area contributed by atoms with Crippen LogP contribution >= 0.6 is 0 Å². The van der Waals surface area contributed by atoms with Gasteiger partial charge in [-0.25, -0.2) is 0 Å². The van der Waals surface area contributed by atoms with Crippen LogP contribution in [0.2, 0.25) is 0 Å². The van der Waals surface area contributed by atoms with Crippen LogP contribution in [0.25, 0.3) is 0 Å². The SMILES string of the molecule is O.O.O.O.O.O.O.O.O.O.O.O.O.O.O.O.O.O.O.O.O.O.O.O.O.[Na+].[Na+].[Na+].[Na+].[Na+].[Na+].[Na+].[Na+].[Na+].[Na+].[Na+].[Na+].[Na+].[Na+].[Na+].[Na+].[Na+].[Na+].[Na+].[Na+].[Na+].[Na+].[Na+].[Na+].[Na+].[Na+].[Na+].[Na+].[Na+].[Na+].[Na+].[Na+].[Na+].[Na+].[Na+].[Na+].[Na+].[Na+].[Na+].[Na+].[Na+].[Na+].[Na+].[Na+].[Na+].[Na+].[Na+].[Na+].[Na+].[Na+].[Na+].[Na+].[Na+].[Na+].[Na+].[Na+].[Na+].[Na+].[Na+].[Na+].[Na+].[Na+].[Na+].[Na+].[Na+].[Na+].[Na+].[Na+].[Na+].[Na+].[Na+].[Na+].[Na+]. The van der Waals surface area contributed by atoms with Gasteiger partial charge in [-0.2, -0.15) is 0 Å². The summed E-state index contributed by atoms with van der Waals surface area (Å²) >= 11 is 0. The molecule has 0 radical (unpaired) electrons. The largest absolute Gasteiger partial charge is 1.00 e. The molecule has 0 fully saturated rings. The maximum Gasteiger partial charge on any atom is 1.00 e. The Bertz CT molecular complexity index is 80.3. The van der Waals surface area contributed by atoms with Crippen molar-refractivity contribution in [1.82, 2.24) is 0 Å². The summed E-state index contributed by atoms with van der Waals surface area (Å²) in [6, 6.07) is 0. The van der Waals surface area contributed by atoms with Crippen LogP contribution in [0.15, 0.2) is 0 Å². The minimum absolute atomic E-state index is 0. The summed E-state index contributed by atoms with van der Waals surface area (Å²) in [5.74, 6) is 0. The van der Waals surface area contributed by atoms with Gasteiger partial charge in [0, 0.05) is 0 Å². The first kappa shape index (κ1) is 937. The zero-order valence-electron chi connectivity index (χ0n) is 85.5. The molecule has 0 spiro atoms. The molecular weight excluding hydrogens is 2080 g/mol. The van der Waals surface area contributed by atoms with Crippen molar-refractivity contribution >= 4 is 0 Å². The summed E-state index contributed by atoms with van der Waals surface area (Å²) < 4.78 is 0. The zero-order valence-corrected chi connectivity index (χ0v) is 232. The van der Waals surface area contributed by atoms with Gasteiger partial charge in [0.15, 0.2) is 0 Å². The molecule has 0 aromatic rings. The van der Waals surface area contributed by atoms with Crippen molar-refractivity contribution in [1.29, 1.82) is 0 Å². The monoisotopic (exact) mass is 2130 g/mol. The van der Waals surface area contributed by atoms with Crippen molar-refractivity contribution in [2.45, 2.75) is 0 Å². The third kappa shape index (κ3) is 904. The Morgan fingerprint density at radius 2 is 0.0204 bits per heavy atom. The van der Waals surface area contributed by atoms with Crippen LogP contribution in [0, 0.1) is 0 Å². The van der Waals surface area contributed by atoms with Crippen LogP contribution in [-0.2, 0) is 0 Å². The average Bonchev–Trinajstić information content (AvgIpc) is 0. The normalized spacial score (nSPS) is 0. The first-order chi connectivity index (χ1) is 0. The van der Waals surface area contributed by atoms with E-state index in [1.54, 1.807) is 0 Å². The molecule has 0 aromatic heterocycles. The first-order valence-corrected chi connectivity index (χ1v) is 0. The van der Waals surface area contributed by atoms with Crippen molar-refractivity contribution in [3.8, 4) is 0 Å². The van der Waals surface area contributed by atoms with Crippen molar-refractivity contribution in [2.24, 2.45) is 0 Å². The van der Waals surface area contributed by atoms with Crippen LogP contribution < -0.4 is 2160 Å². The Labute approximate surface area is 2210 Å². The summed E-state index contributed by atoms with van der Waals surface area (Å²) in [5.41, 5.74) is 0. The molecule has 0 heterocycles. The second-order valence-corrected chi connectivity index (χ2v) is 0. The molecule has 0 bridgehead atoms. The molecule has 98 heteroatoms. The summed E-state index contributed by atoms with van der Waals surface area (Å²) in [6.45, 7) is 0. The molecule has 0 rings (SSSR count). The number of hydrogen-bond acceptors (Lipinski definition) is 0. The molecule has 0 saturated carbocycles. The zero-order chi connectivity index (χ0) is 0. The Morgan fingerprint density at radius 1 is 0.0204 bits per heavy atom. The van der Waals surface area contributed by atoms with Gasteiger partial charge in [0.25, 0.3) is 0 Å².